The molecule has 0 aliphatic carbocycles. The number of nitrogens with zero attached hydrogens (tertiary/aromatic N) is 3. The number of likely N-dealkylation sites (tertiary alicyclic amines) is 1. The number of hydrogen-bond donors (Lipinski definition) is 0. The highest BCUT2D eigenvalue weighted by atomic mass is 35.5. The van der Waals surface area contributed by atoms with E-state index in [0.29, 0.717) is 26.3 Å². The van der Waals surface area contributed by atoms with Gasteiger partial charge < -0.3 is 4.90 Å². The molecule has 0 bridgehead atoms. The van der Waals surface area contributed by atoms with Crippen molar-refractivity contribution in [1.82, 2.24) is 14.3 Å². The third-order valence-electron chi connectivity index (χ3n) is 6.05. The van der Waals surface area contributed by atoms with E-state index in [-0.39, 0.29) is 5.91 Å². The number of imidazole rings is 1. The fourth-order valence-electron chi connectivity index (χ4n) is 4.37. The number of hydrogen-bond acceptors (Lipinski definition) is 2. The highest BCUT2D eigenvalue weighted by Gasteiger charge is 2.23. The molecule has 0 radical (unpaired) electrons. The zero-order valence-corrected chi connectivity index (χ0v) is 20.2. The minimum Gasteiger partial charge on any atom is -0.339 e. The Hall–Kier alpha value is -2.53. The largest absolute Gasteiger partial charge is 0.339 e. The van der Waals surface area contributed by atoms with E-state index in [1.807, 2.05) is 64.0 Å². The summed E-state index contributed by atoms with van der Waals surface area (Å²) in [5, 5.41) is 1.74. The van der Waals surface area contributed by atoms with Crippen molar-refractivity contribution >= 4 is 46.4 Å². The zero-order valence-electron chi connectivity index (χ0n) is 17.9. The molecule has 168 valence electrons. The Morgan fingerprint density at radius 2 is 1.36 bits per heavy atom. The zero-order chi connectivity index (χ0) is 22.9. The molecule has 4 aromatic rings. The molecule has 1 aliphatic heterocycles. The van der Waals surface area contributed by atoms with Crippen LogP contribution in [-0.2, 0) is 0 Å². The molecule has 7 heteroatoms. The lowest BCUT2D eigenvalue weighted by Gasteiger charge is -2.20. The molecule has 0 atom stereocenters. The van der Waals surface area contributed by atoms with Gasteiger partial charge in [0.25, 0.3) is 5.91 Å². The van der Waals surface area contributed by atoms with Crippen molar-refractivity contribution in [3.8, 4) is 22.5 Å². The molecule has 0 saturated carbocycles. The summed E-state index contributed by atoms with van der Waals surface area (Å²) in [6, 6.07) is 16.8. The van der Waals surface area contributed by atoms with Crippen LogP contribution >= 0.6 is 34.8 Å². The number of pyridine rings is 1. The van der Waals surface area contributed by atoms with E-state index in [1.165, 1.54) is 0 Å². The number of benzene rings is 2. The first-order valence-corrected chi connectivity index (χ1v) is 12.2. The molecular formula is C26H22Cl3N3O. The van der Waals surface area contributed by atoms with E-state index >= 15 is 0 Å². The van der Waals surface area contributed by atoms with E-state index in [4.69, 9.17) is 39.8 Å². The molecule has 5 rings (SSSR count). The Labute approximate surface area is 207 Å². The molecule has 2 aromatic carbocycles. The predicted molar refractivity (Wildman–Crippen MR) is 135 cm³/mol. The predicted octanol–water partition coefficient (Wildman–Crippen LogP) is 7.64. The molecule has 1 aliphatic rings. The molecule has 0 unspecified atom stereocenters. The second-order valence-electron chi connectivity index (χ2n) is 8.30. The van der Waals surface area contributed by atoms with Gasteiger partial charge in [-0.2, -0.15) is 0 Å². The standard InChI is InChI=1S/C26H22Cl3N3O/c27-20-9-5-17(6-10-20)23-24(18-7-11-21(28)12-8-18)32-16-19(15-22(29)25(32)30-23)26(33)31-13-3-1-2-4-14-31/h5-12,15-16H,1-4,13-14H2. The number of fused-ring (bicyclic) bond motifs is 1. The molecule has 0 N–H and O–H groups in total. The fraction of sp³-hybridized carbons (Fsp3) is 0.231. The quantitative estimate of drug-likeness (QED) is 0.291. The lowest BCUT2D eigenvalue weighted by Crippen LogP contribution is -2.32. The molecule has 0 spiro atoms. The first kappa shape index (κ1) is 22.3. The number of aromatic nitrogens is 2. The molecule has 2 aromatic heterocycles. The smallest absolute Gasteiger partial charge is 0.255 e. The highest BCUT2D eigenvalue weighted by Crippen LogP contribution is 2.36. The average molecular weight is 499 g/mol. The molecule has 3 heterocycles. The average Bonchev–Trinajstić information content (AvgIpc) is 3.00. The lowest BCUT2D eigenvalue weighted by atomic mass is 10.0. The van der Waals surface area contributed by atoms with Crippen LogP contribution in [0.1, 0.15) is 36.0 Å². The van der Waals surface area contributed by atoms with Crippen LogP contribution in [0.25, 0.3) is 28.2 Å². The maximum absolute atomic E-state index is 13.4. The topological polar surface area (TPSA) is 37.6 Å². The molecular weight excluding hydrogens is 477 g/mol. The number of amides is 1. The van der Waals surface area contributed by atoms with Gasteiger partial charge in [-0.1, -0.05) is 71.9 Å². The number of carbonyl (C=O) groups is 1. The summed E-state index contributed by atoms with van der Waals surface area (Å²) in [5.41, 5.74) is 4.59. The van der Waals surface area contributed by atoms with Crippen LogP contribution in [0, 0.1) is 0 Å². The van der Waals surface area contributed by atoms with E-state index in [1.54, 1.807) is 6.07 Å². The van der Waals surface area contributed by atoms with Gasteiger partial charge in [-0.05, 0) is 43.2 Å². The molecule has 4 nitrogen and oxygen atoms in total. The van der Waals surface area contributed by atoms with E-state index in [0.717, 1.165) is 61.3 Å². The minimum absolute atomic E-state index is 0.00417. The summed E-state index contributed by atoms with van der Waals surface area (Å²) in [6.45, 7) is 1.55. The Bertz CT molecular complexity index is 1310. The Morgan fingerprint density at radius 1 is 0.788 bits per heavy atom. The van der Waals surface area contributed by atoms with Gasteiger partial charge in [0, 0.05) is 40.5 Å². The maximum Gasteiger partial charge on any atom is 0.255 e. The first-order chi connectivity index (χ1) is 16.0. The summed E-state index contributed by atoms with van der Waals surface area (Å²) < 4.78 is 1.92. The van der Waals surface area contributed by atoms with Gasteiger partial charge in [0.05, 0.1) is 22.0 Å². The third-order valence-corrected chi connectivity index (χ3v) is 6.83. The normalized spacial score (nSPS) is 14.5. The summed E-state index contributed by atoms with van der Waals surface area (Å²) in [7, 11) is 0. The molecule has 1 amide bonds. The summed E-state index contributed by atoms with van der Waals surface area (Å²) in [6.07, 6.45) is 6.24. The van der Waals surface area contributed by atoms with Crippen LogP contribution in [0.3, 0.4) is 0 Å². The van der Waals surface area contributed by atoms with Crippen molar-refractivity contribution in [1.29, 1.82) is 0 Å². The Kier molecular flexibility index (Phi) is 6.33. The van der Waals surface area contributed by atoms with E-state index < -0.39 is 0 Å². The number of carbonyl (C=O) groups excluding carboxylic acids is 1. The van der Waals surface area contributed by atoms with Crippen molar-refractivity contribution in [3.05, 3.63) is 81.4 Å². The van der Waals surface area contributed by atoms with E-state index in [9.17, 15) is 4.79 Å². The van der Waals surface area contributed by atoms with Crippen molar-refractivity contribution in [3.63, 3.8) is 0 Å². The lowest BCUT2D eigenvalue weighted by molar-refractivity contribution is 0.0761. The van der Waals surface area contributed by atoms with Crippen LogP contribution in [0.5, 0.6) is 0 Å². The van der Waals surface area contributed by atoms with Gasteiger partial charge in [0.2, 0.25) is 0 Å². The second-order valence-corrected chi connectivity index (χ2v) is 9.58. The van der Waals surface area contributed by atoms with Crippen LogP contribution in [0.4, 0.5) is 0 Å². The number of rotatable bonds is 3. The van der Waals surface area contributed by atoms with Crippen molar-refractivity contribution in [2.75, 3.05) is 13.1 Å². The van der Waals surface area contributed by atoms with Gasteiger partial charge in [-0.3, -0.25) is 9.20 Å². The molecule has 1 saturated heterocycles. The maximum atomic E-state index is 13.4. The Morgan fingerprint density at radius 3 is 1.97 bits per heavy atom. The summed E-state index contributed by atoms with van der Waals surface area (Å²) in [4.78, 5) is 20.2. The van der Waals surface area contributed by atoms with Gasteiger partial charge in [-0.25, -0.2) is 4.98 Å². The highest BCUT2D eigenvalue weighted by molar-refractivity contribution is 6.34. The summed E-state index contributed by atoms with van der Waals surface area (Å²) >= 11 is 19.0. The SMILES string of the molecule is O=C(c1cc(Cl)c2nc(-c3ccc(Cl)cc3)c(-c3ccc(Cl)cc3)n2c1)N1CCCCCC1. The number of halogens is 3. The van der Waals surface area contributed by atoms with Crippen molar-refractivity contribution in [2.45, 2.75) is 25.7 Å². The third kappa shape index (κ3) is 4.48. The monoisotopic (exact) mass is 497 g/mol. The van der Waals surface area contributed by atoms with Gasteiger partial charge in [0.15, 0.2) is 5.65 Å². The van der Waals surface area contributed by atoms with Gasteiger partial charge in [-0.15, -0.1) is 0 Å². The van der Waals surface area contributed by atoms with Crippen LogP contribution in [-0.4, -0.2) is 33.3 Å². The molecule has 33 heavy (non-hydrogen) atoms. The van der Waals surface area contributed by atoms with Gasteiger partial charge >= 0.3 is 0 Å². The first-order valence-electron chi connectivity index (χ1n) is 11.0. The molecule has 1 fully saturated rings. The summed E-state index contributed by atoms with van der Waals surface area (Å²) in [5.74, 6) is 0.00417. The van der Waals surface area contributed by atoms with Crippen LogP contribution in [0.15, 0.2) is 60.8 Å². The fourth-order valence-corrected chi connectivity index (χ4v) is 4.87. The van der Waals surface area contributed by atoms with Crippen LogP contribution < -0.4 is 0 Å². The second kappa shape index (κ2) is 9.38. The van der Waals surface area contributed by atoms with Crippen molar-refractivity contribution < 1.29 is 4.79 Å². The Balaban J connectivity index is 1.70. The van der Waals surface area contributed by atoms with Gasteiger partial charge in [0.1, 0.15) is 0 Å². The van der Waals surface area contributed by atoms with Crippen molar-refractivity contribution in [2.24, 2.45) is 0 Å². The minimum atomic E-state index is 0.00417. The van der Waals surface area contributed by atoms with E-state index in [2.05, 4.69) is 0 Å². The van der Waals surface area contributed by atoms with Crippen LogP contribution in [0.2, 0.25) is 15.1 Å².